The van der Waals surface area contributed by atoms with Crippen LogP contribution in [0, 0.1) is 5.92 Å². The lowest BCUT2D eigenvalue weighted by molar-refractivity contribution is 0.189. The molecule has 1 aliphatic carbocycles. The maximum Gasteiger partial charge on any atom is 0.516 e. The first-order valence-corrected chi connectivity index (χ1v) is 8.12. The molecule has 0 amide bonds. The largest absolute Gasteiger partial charge is 0.516 e. The van der Waals surface area contributed by atoms with Gasteiger partial charge in [0.1, 0.15) is 0 Å². The van der Waals surface area contributed by atoms with Gasteiger partial charge in [-0.25, -0.2) is 0 Å². The highest BCUT2D eigenvalue weighted by molar-refractivity contribution is 6.62. The molecule has 1 aliphatic rings. The van der Waals surface area contributed by atoms with Crippen LogP contribution < -0.4 is 9.96 Å². The van der Waals surface area contributed by atoms with Crippen molar-refractivity contribution in [1.82, 2.24) is 9.96 Å². The minimum Gasteiger partial charge on any atom is -0.374 e. The lowest BCUT2D eigenvalue weighted by Crippen LogP contribution is -2.69. The summed E-state index contributed by atoms with van der Waals surface area (Å²) in [6.45, 7) is 5.25. The van der Waals surface area contributed by atoms with Crippen molar-refractivity contribution in [3.05, 3.63) is 0 Å². The molecule has 0 spiro atoms. The van der Waals surface area contributed by atoms with E-state index in [2.05, 4.69) is 23.8 Å². The Bertz CT molecular complexity index is 200. The van der Waals surface area contributed by atoms with Crippen molar-refractivity contribution < 1.29 is 8.85 Å². The minimum absolute atomic E-state index is 0.527. The zero-order valence-electron chi connectivity index (χ0n) is 11.0. The van der Waals surface area contributed by atoms with Crippen LogP contribution >= 0.6 is 0 Å². The molecule has 0 bridgehead atoms. The van der Waals surface area contributed by atoms with Gasteiger partial charge in [-0.2, -0.15) is 0 Å². The van der Waals surface area contributed by atoms with Gasteiger partial charge in [0.25, 0.3) is 0 Å². The van der Waals surface area contributed by atoms with Crippen LogP contribution in [0.15, 0.2) is 0 Å². The van der Waals surface area contributed by atoms with E-state index in [9.17, 15) is 0 Å². The highest BCUT2D eigenvalue weighted by Gasteiger charge is 2.40. The van der Waals surface area contributed by atoms with Gasteiger partial charge in [-0.05, 0) is 25.3 Å². The number of hydrogen-bond acceptors (Lipinski definition) is 4. The third-order valence-corrected chi connectivity index (χ3v) is 6.19. The summed E-state index contributed by atoms with van der Waals surface area (Å²) < 4.78 is 11.1. The van der Waals surface area contributed by atoms with Gasteiger partial charge in [-0.3, -0.25) is 9.96 Å². The SMILES string of the molecule is CCN[Si](NC1CCCCC1C)(OC)OC. The van der Waals surface area contributed by atoms with E-state index >= 15 is 0 Å². The van der Waals surface area contributed by atoms with E-state index < -0.39 is 8.88 Å². The zero-order chi connectivity index (χ0) is 12.0. The van der Waals surface area contributed by atoms with Crippen molar-refractivity contribution in [2.75, 3.05) is 20.8 Å². The average molecular weight is 246 g/mol. The standard InChI is InChI=1S/C11H26N2O2Si/c1-5-12-16(14-3,15-4)13-11-9-7-6-8-10(11)2/h10-13H,5-9H2,1-4H3. The predicted octanol–water partition coefficient (Wildman–Crippen LogP) is 1.49. The summed E-state index contributed by atoms with van der Waals surface area (Å²) in [4.78, 5) is 6.95. The molecule has 2 unspecified atom stereocenters. The van der Waals surface area contributed by atoms with Gasteiger partial charge in [0.2, 0.25) is 0 Å². The van der Waals surface area contributed by atoms with E-state index in [1.807, 2.05) is 0 Å². The van der Waals surface area contributed by atoms with Crippen molar-refractivity contribution in [2.45, 2.75) is 45.6 Å². The van der Waals surface area contributed by atoms with Crippen LogP contribution in [0.4, 0.5) is 0 Å². The number of hydrogen-bond donors (Lipinski definition) is 2. The average Bonchev–Trinajstić information content (AvgIpc) is 2.31. The van der Waals surface area contributed by atoms with Crippen LogP contribution in [0.5, 0.6) is 0 Å². The van der Waals surface area contributed by atoms with Crippen LogP contribution in [0.1, 0.15) is 39.5 Å². The zero-order valence-corrected chi connectivity index (χ0v) is 12.0. The Balaban J connectivity index is 2.58. The molecule has 1 fully saturated rings. The van der Waals surface area contributed by atoms with Crippen LogP contribution in [-0.4, -0.2) is 35.7 Å². The van der Waals surface area contributed by atoms with Crippen molar-refractivity contribution in [3.63, 3.8) is 0 Å². The van der Waals surface area contributed by atoms with E-state index in [0.29, 0.717) is 12.0 Å². The molecule has 16 heavy (non-hydrogen) atoms. The molecule has 0 saturated heterocycles. The summed E-state index contributed by atoms with van der Waals surface area (Å²) in [6, 6.07) is 0.527. The van der Waals surface area contributed by atoms with E-state index in [1.54, 1.807) is 14.2 Å². The normalized spacial score (nSPS) is 27.0. The summed E-state index contributed by atoms with van der Waals surface area (Å²) >= 11 is 0. The Morgan fingerprint density at radius 1 is 1.19 bits per heavy atom. The minimum atomic E-state index is -2.37. The van der Waals surface area contributed by atoms with Crippen LogP contribution in [-0.2, 0) is 8.85 Å². The summed E-state index contributed by atoms with van der Waals surface area (Å²) in [5.41, 5.74) is 0. The van der Waals surface area contributed by atoms with Gasteiger partial charge in [0.15, 0.2) is 0 Å². The van der Waals surface area contributed by atoms with E-state index in [-0.39, 0.29) is 0 Å². The van der Waals surface area contributed by atoms with Crippen molar-refractivity contribution in [3.8, 4) is 0 Å². The first kappa shape index (κ1) is 14.1. The quantitative estimate of drug-likeness (QED) is 0.697. The fraction of sp³-hybridized carbons (Fsp3) is 1.00. The molecule has 0 aromatic heterocycles. The molecular formula is C11H26N2O2Si. The molecule has 2 atom stereocenters. The Hall–Kier alpha value is 0.0569. The molecule has 0 heterocycles. The maximum absolute atomic E-state index is 5.57. The smallest absolute Gasteiger partial charge is 0.374 e. The van der Waals surface area contributed by atoms with E-state index in [0.717, 1.165) is 6.54 Å². The molecule has 0 radical (unpaired) electrons. The Labute approximate surface area is 100 Å². The Kier molecular flexibility index (Phi) is 5.92. The topological polar surface area (TPSA) is 42.5 Å². The van der Waals surface area contributed by atoms with Gasteiger partial charge in [-0.1, -0.05) is 26.7 Å². The van der Waals surface area contributed by atoms with E-state index in [4.69, 9.17) is 8.85 Å². The van der Waals surface area contributed by atoms with Gasteiger partial charge in [-0.15, -0.1) is 0 Å². The molecule has 0 aromatic rings. The van der Waals surface area contributed by atoms with Gasteiger partial charge in [0, 0.05) is 20.3 Å². The number of nitrogens with one attached hydrogen (secondary N) is 2. The molecule has 96 valence electrons. The molecule has 4 nitrogen and oxygen atoms in total. The van der Waals surface area contributed by atoms with Crippen LogP contribution in [0.25, 0.3) is 0 Å². The molecule has 0 aliphatic heterocycles. The second-order valence-corrected chi connectivity index (χ2v) is 7.26. The van der Waals surface area contributed by atoms with Gasteiger partial charge >= 0.3 is 8.88 Å². The predicted molar refractivity (Wildman–Crippen MR) is 68.0 cm³/mol. The van der Waals surface area contributed by atoms with Crippen molar-refractivity contribution >= 4 is 8.88 Å². The third kappa shape index (κ3) is 3.53. The Morgan fingerprint density at radius 2 is 1.81 bits per heavy atom. The maximum atomic E-state index is 5.57. The second kappa shape index (κ2) is 6.71. The lowest BCUT2D eigenvalue weighted by atomic mass is 9.87. The molecule has 5 heteroatoms. The summed E-state index contributed by atoms with van der Waals surface area (Å²) in [7, 11) is 1.07. The molecule has 1 saturated carbocycles. The molecule has 0 aromatic carbocycles. The van der Waals surface area contributed by atoms with Crippen LogP contribution in [0.3, 0.4) is 0 Å². The van der Waals surface area contributed by atoms with Crippen molar-refractivity contribution in [2.24, 2.45) is 5.92 Å². The first-order valence-electron chi connectivity index (χ1n) is 6.30. The fourth-order valence-electron chi connectivity index (χ4n) is 2.40. The lowest BCUT2D eigenvalue weighted by Gasteiger charge is -2.36. The summed E-state index contributed by atoms with van der Waals surface area (Å²) in [5, 5.41) is 0. The van der Waals surface area contributed by atoms with Gasteiger partial charge < -0.3 is 8.85 Å². The summed E-state index contributed by atoms with van der Waals surface area (Å²) in [6.07, 6.45) is 5.21. The van der Waals surface area contributed by atoms with Crippen molar-refractivity contribution in [1.29, 1.82) is 0 Å². The van der Waals surface area contributed by atoms with Gasteiger partial charge in [0.05, 0.1) is 0 Å². The molecule has 2 N–H and O–H groups in total. The monoisotopic (exact) mass is 246 g/mol. The molecular weight excluding hydrogens is 220 g/mol. The first-order chi connectivity index (χ1) is 7.67. The van der Waals surface area contributed by atoms with Crippen LogP contribution in [0.2, 0.25) is 0 Å². The Morgan fingerprint density at radius 3 is 2.31 bits per heavy atom. The highest BCUT2D eigenvalue weighted by atomic mass is 28.4. The number of rotatable bonds is 6. The summed E-state index contributed by atoms with van der Waals surface area (Å²) in [5.74, 6) is 0.713. The highest BCUT2D eigenvalue weighted by Crippen LogP contribution is 2.24. The molecule has 1 rings (SSSR count). The third-order valence-electron chi connectivity index (χ3n) is 3.47. The fourth-order valence-corrected chi connectivity index (χ4v) is 4.58. The second-order valence-electron chi connectivity index (χ2n) is 4.57. The van der Waals surface area contributed by atoms with E-state index in [1.165, 1.54) is 25.7 Å².